The number of carbonyl (C=O) groups excluding carboxylic acids is 1. The second kappa shape index (κ2) is 5.31. The van der Waals surface area contributed by atoms with Crippen molar-refractivity contribution >= 4 is 5.91 Å². The van der Waals surface area contributed by atoms with E-state index in [1.54, 1.807) is 6.33 Å². The van der Waals surface area contributed by atoms with E-state index in [9.17, 15) is 4.79 Å². The minimum Gasteiger partial charge on any atom is -0.354 e. The van der Waals surface area contributed by atoms with Gasteiger partial charge in [-0.3, -0.25) is 4.79 Å². The summed E-state index contributed by atoms with van der Waals surface area (Å²) in [6, 6.07) is -0.181. The van der Waals surface area contributed by atoms with Gasteiger partial charge in [0.1, 0.15) is 6.04 Å². The molecule has 0 aromatic carbocycles. The number of rotatable bonds is 5. The van der Waals surface area contributed by atoms with Crippen LogP contribution >= 0.6 is 0 Å². The lowest BCUT2D eigenvalue weighted by atomic mass is 9.99. The van der Waals surface area contributed by atoms with Gasteiger partial charge in [-0.15, -0.1) is 0 Å². The molecule has 0 radical (unpaired) electrons. The Morgan fingerprint density at radius 3 is 3.06 bits per heavy atom. The highest BCUT2D eigenvalue weighted by molar-refractivity contribution is 5.79. The maximum absolute atomic E-state index is 11.9. The quantitative estimate of drug-likeness (QED) is 0.789. The molecule has 1 aliphatic rings. The second-order valence-corrected chi connectivity index (χ2v) is 4.55. The van der Waals surface area contributed by atoms with E-state index in [0.29, 0.717) is 5.92 Å². The van der Waals surface area contributed by atoms with Crippen molar-refractivity contribution in [1.82, 2.24) is 20.2 Å². The van der Waals surface area contributed by atoms with Crippen molar-refractivity contribution in [2.45, 2.75) is 32.2 Å². The average Bonchev–Trinajstić information content (AvgIpc) is 2.71. The fourth-order valence-corrected chi connectivity index (χ4v) is 1.97. The maximum Gasteiger partial charge on any atom is 0.242 e. The Bertz CT molecular complexity index is 384. The molecule has 1 unspecified atom stereocenters. The number of nitrogens with one attached hydrogen (secondary N) is 2. The standard InChI is InChI=1S/C12H20N4O/c1-3-4-15-12(17)9(2)16-8-14-7-11(16)10-5-13-6-10/h7-10,13H,3-6H2,1-2H3,(H,15,17). The predicted octanol–water partition coefficient (Wildman–Crippen LogP) is 0.657. The highest BCUT2D eigenvalue weighted by atomic mass is 16.2. The maximum atomic E-state index is 11.9. The van der Waals surface area contributed by atoms with E-state index in [-0.39, 0.29) is 11.9 Å². The number of carbonyl (C=O) groups is 1. The molecular formula is C12H20N4O. The van der Waals surface area contributed by atoms with Gasteiger partial charge in [0.2, 0.25) is 5.91 Å². The van der Waals surface area contributed by atoms with Gasteiger partial charge in [-0.05, 0) is 13.3 Å². The predicted molar refractivity (Wildman–Crippen MR) is 65.8 cm³/mol. The third-order valence-electron chi connectivity index (χ3n) is 3.24. The largest absolute Gasteiger partial charge is 0.354 e. The van der Waals surface area contributed by atoms with Crippen LogP contribution in [0.25, 0.3) is 0 Å². The smallest absolute Gasteiger partial charge is 0.242 e. The molecule has 1 saturated heterocycles. The molecule has 2 rings (SSSR count). The van der Waals surface area contributed by atoms with Gasteiger partial charge in [0.05, 0.1) is 6.33 Å². The highest BCUT2D eigenvalue weighted by Crippen LogP contribution is 2.22. The van der Waals surface area contributed by atoms with Crippen LogP contribution in [0.3, 0.4) is 0 Å². The average molecular weight is 236 g/mol. The summed E-state index contributed by atoms with van der Waals surface area (Å²) in [5.74, 6) is 0.567. The highest BCUT2D eigenvalue weighted by Gasteiger charge is 2.25. The van der Waals surface area contributed by atoms with Crippen molar-refractivity contribution in [2.24, 2.45) is 0 Å². The van der Waals surface area contributed by atoms with Gasteiger partial charge in [-0.2, -0.15) is 0 Å². The van der Waals surface area contributed by atoms with E-state index in [1.165, 1.54) is 0 Å². The summed E-state index contributed by atoms with van der Waals surface area (Å²) in [4.78, 5) is 16.1. The van der Waals surface area contributed by atoms with Crippen LogP contribution < -0.4 is 10.6 Å². The van der Waals surface area contributed by atoms with E-state index in [4.69, 9.17) is 0 Å². The fourth-order valence-electron chi connectivity index (χ4n) is 1.97. The summed E-state index contributed by atoms with van der Waals surface area (Å²) < 4.78 is 1.98. The second-order valence-electron chi connectivity index (χ2n) is 4.55. The van der Waals surface area contributed by atoms with Crippen LogP contribution in [0.15, 0.2) is 12.5 Å². The number of nitrogens with zero attached hydrogens (tertiary/aromatic N) is 2. The van der Waals surface area contributed by atoms with Crippen molar-refractivity contribution in [2.75, 3.05) is 19.6 Å². The Morgan fingerprint density at radius 1 is 1.71 bits per heavy atom. The molecule has 5 nitrogen and oxygen atoms in total. The summed E-state index contributed by atoms with van der Waals surface area (Å²) >= 11 is 0. The molecule has 1 atom stereocenters. The first-order valence-corrected chi connectivity index (χ1v) is 6.24. The molecule has 1 amide bonds. The number of imidazole rings is 1. The zero-order valence-electron chi connectivity index (χ0n) is 10.4. The number of aromatic nitrogens is 2. The Labute approximate surface area is 102 Å². The van der Waals surface area contributed by atoms with Gasteiger partial charge < -0.3 is 15.2 Å². The van der Waals surface area contributed by atoms with Crippen LogP contribution in [0.5, 0.6) is 0 Å². The Morgan fingerprint density at radius 2 is 2.47 bits per heavy atom. The van der Waals surface area contributed by atoms with Crippen LogP contribution in [0.2, 0.25) is 0 Å². The fraction of sp³-hybridized carbons (Fsp3) is 0.667. The SMILES string of the molecule is CCCNC(=O)C(C)n1cncc1C1CNC1. The Balaban J connectivity index is 2.05. The third kappa shape index (κ3) is 2.49. The van der Waals surface area contributed by atoms with E-state index >= 15 is 0 Å². The van der Waals surface area contributed by atoms with Crippen molar-refractivity contribution in [1.29, 1.82) is 0 Å². The molecule has 94 valence electrons. The van der Waals surface area contributed by atoms with Gasteiger partial charge >= 0.3 is 0 Å². The Hall–Kier alpha value is -1.36. The van der Waals surface area contributed by atoms with Gasteiger partial charge in [-0.25, -0.2) is 4.98 Å². The minimum absolute atomic E-state index is 0.0679. The normalized spacial score (nSPS) is 17.5. The first-order chi connectivity index (χ1) is 8.24. The molecular weight excluding hydrogens is 216 g/mol. The van der Waals surface area contributed by atoms with Crippen molar-refractivity contribution in [3.05, 3.63) is 18.2 Å². The molecule has 1 aromatic rings. The van der Waals surface area contributed by atoms with Crippen LogP contribution in [-0.2, 0) is 4.79 Å². The molecule has 0 spiro atoms. The van der Waals surface area contributed by atoms with Crippen LogP contribution in [0, 0.1) is 0 Å². The summed E-state index contributed by atoms with van der Waals surface area (Å²) in [5.41, 5.74) is 1.16. The van der Waals surface area contributed by atoms with E-state index in [2.05, 4.69) is 15.6 Å². The summed E-state index contributed by atoms with van der Waals surface area (Å²) in [6.07, 6.45) is 4.58. The van der Waals surface area contributed by atoms with Crippen LogP contribution in [-0.4, -0.2) is 35.1 Å². The topological polar surface area (TPSA) is 59.0 Å². The molecule has 17 heavy (non-hydrogen) atoms. The van der Waals surface area contributed by atoms with E-state index in [1.807, 2.05) is 24.6 Å². The molecule has 0 aliphatic carbocycles. The van der Waals surface area contributed by atoms with Crippen LogP contribution in [0.1, 0.15) is 37.9 Å². The van der Waals surface area contributed by atoms with Gasteiger partial charge in [-0.1, -0.05) is 6.92 Å². The van der Waals surface area contributed by atoms with Crippen LogP contribution in [0.4, 0.5) is 0 Å². The molecule has 2 N–H and O–H groups in total. The van der Waals surface area contributed by atoms with E-state index < -0.39 is 0 Å². The zero-order chi connectivity index (χ0) is 12.3. The molecule has 0 bridgehead atoms. The Kier molecular flexibility index (Phi) is 3.78. The lowest BCUT2D eigenvalue weighted by Gasteiger charge is -2.29. The molecule has 1 aromatic heterocycles. The number of hydrogen-bond acceptors (Lipinski definition) is 3. The first-order valence-electron chi connectivity index (χ1n) is 6.24. The molecule has 0 saturated carbocycles. The molecule has 1 aliphatic heterocycles. The van der Waals surface area contributed by atoms with Crippen molar-refractivity contribution in [3.8, 4) is 0 Å². The number of hydrogen-bond donors (Lipinski definition) is 2. The van der Waals surface area contributed by atoms with Crippen molar-refractivity contribution in [3.63, 3.8) is 0 Å². The monoisotopic (exact) mass is 236 g/mol. The van der Waals surface area contributed by atoms with E-state index in [0.717, 1.165) is 31.7 Å². The first kappa shape index (κ1) is 12.1. The van der Waals surface area contributed by atoms with Gasteiger partial charge in [0, 0.05) is 37.4 Å². The third-order valence-corrected chi connectivity index (χ3v) is 3.24. The van der Waals surface area contributed by atoms with Gasteiger partial charge in [0.15, 0.2) is 0 Å². The number of amides is 1. The lowest BCUT2D eigenvalue weighted by Crippen LogP contribution is -2.42. The lowest BCUT2D eigenvalue weighted by molar-refractivity contribution is -0.123. The summed E-state index contributed by atoms with van der Waals surface area (Å²) in [6.45, 7) is 6.66. The van der Waals surface area contributed by atoms with Gasteiger partial charge in [0.25, 0.3) is 0 Å². The summed E-state index contributed by atoms with van der Waals surface area (Å²) in [7, 11) is 0. The summed E-state index contributed by atoms with van der Waals surface area (Å²) in [5, 5.41) is 6.16. The van der Waals surface area contributed by atoms with Crippen molar-refractivity contribution < 1.29 is 4.79 Å². The molecule has 5 heteroatoms. The minimum atomic E-state index is -0.181. The zero-order valence-corrected chi connectivity index (χ0v) is 10.4. The molecule has 2 heterocycles. The molecule has 1 fully saturated rings.